The predicted octanol–water partition coefficient (Wildman–Crippen LogP) is 5.29. The first-order chi connectivity index (χ1) is 19.8. The summed E-state index contributed by atoms with van der Waals surface area (Å²) in [5, 5.41) is 0. The van der Waals surface area contributed by atoms with Crippen LogP contribution >= 0.6 is 27.3 Å². The third-order valence-electron chi connectivity index (χ3n) is 6.61. The quantitative estimate of drug-likeness (QED) is 0.246. The van der Waals surface area contributed by atoms with E-state index < -0.39 is 12.0 Å². The second kappa shape index (κ2) is 12.2. The standard InChI is InChI=1S/C31H26BrFN2O5S/c1-4-23-26(30(37)39-3)27(20-8-6-5-7-9-20)35-29(36)25(41-31(35)34-23)16-19-14-22(32)28(24(15-19)38-2)40-17-18-10-12-21(33)13-11-18/h5-16,27H,4,17H2,1-3H3/b25-16-/t27-/m0/s1. The van der Waals surface area contributed by atoms with Gasteiger partial charge in [-0.05, 0) is 69.4 Å². The van der Waals surface area contributed by atoms with Crippen LogP contribution in [0, 0.1) is 5.82 Å². The van der Waals surface area contributed by atoms with Crippen LogP contribution in [0.15, 0.2) is 92.3 Å². The lowest BCUT2D eigenvalue weighted by molar-refractivity contribution is -0.136. The number of rotatable bonds is 8. The van der Waals surface area contributed by atoms with Crippen LogP contribution in [0.4, 0.5) is 4.39 Å². The van der Waals surface area contributed by atoms with E-state index in [9.17, 15) is 14.0 Å². The lowest BCUT2D eigenvalue weighted by Gasteiger charge is -2.25. The highest BCUT2D eigenvalue weighted by Crippen LogP contribution is 2.37. The zero-order valence-electron chi connectivity index (χ0n) is 22.5. The molecule has 0 spiro atoms. The Balaban J connectivity index is 1.58. The average molecular weight is 638 g/mol. The maximum absolute atomic E-state index is 13.9. The number of allylic oxidation sites excluding steroid dienone is 1. The van der Waals surface area contributed by atoms with Gasteiger partial charge in [0, 0.05) is 0 Å². The molecule has 4 aromatic rings. The van der Waals surface area contributed by atoms with Gasteiger partial charge in [0.1, 0.15) is 12.4 Å². The number of ether oxygens (including phenoxy) is 3. The molecule has 10 heteroatoms. The van der Waals surface area contributed by atoms with Crippen LogP contribution in [0.2, 0.25) is 0 Å². The predicted molar refractivity (Wildman–Crippen MR) is 158 cm³/mol. The van der Waals surface area contributed by atoms with Gasteiger partial charge in [-0.15, -0.1) is 0 Å². The Hall–Kier alpha value is -4.02. The van der Waals surface area contributed by atoms with E-state index >= 15 is 0 Å². The molecule has 3 aromatic carbocycles. The van der Waals surface area contributed by atoms with Crippen molar-refractivity contribution in [3.05, 3.63) is 125 Å². The summed E-state index contributed by atoms with van der Waals surface area (Å²) in [6.07, 6.45) is 2.26. The van der Waals surface area contributed by atoms with Crippen molar-refractivity contribution >= 4 is 39.3 Å². The van der Waals surface area contributed by atoms with Gasteiger partial charge in [-0.2, -0.15) is 0 Å². The molecule has 0 aliphatic carbocycles. The van der Waals surface area contributed by atoms with Gasteiger partial charge in [-0.3, -0.25) is 9.36 Å². The Bertz CT molecular complexity index is 1810. The minimum Gasteiger partial charge on any atom is -0.493 e. The first-order valence-corrected chi connectivity index (χ1v) is 14.4. The van der Waals surface area contributed by atoms with Crippen LogP contribution in [-0.4, -0.2) is 24.8 Å². The monoisotopic (exact) mass is 636 g/mol. The molecule has 0 unspecified atom stereocenters. The normalized spacial score (nSPS) is 14.9. The summed E-state index contributed by atoms with van der Waals surface area (Å²) in [7, 11) is 2.86. The SMILES string of the molecule is CCC1=C(C(=O)OC)[C@H](c2ccccc2)n2c(s/c(=C\c3cc(Br)c(OCc4ccc(F)cc4)c(OC)c3)c2=O)=N1. The Morgan fingerprint density at radius 1 is 1.12 bits per heavy atom. The largest absolute Gasteiger partial charge is 0.493 e. The van der Waals surface area contributed by atoms with Gasteiger partial charge in [0.05, 0.1) is 40.5 Å². The number of carbonyl (C=O) groups excluding carboxylic acids is 1. The summed E-state index contributed by atoms with van der Waals surface area (Å²) in [5.74, 6) is 0.113. The smallest absolute Gasteiger partial charge is 0.338 e. The van der Waals surface area contributed by atoms with Crippen LogP contribution in [0.3, 0.4) is 0 Å². The summed E-state index contributed by atoms with van der Waals surface area (Å²) in [5.41, 5.74) is 2.96. The topological polar surface area (TPSA) is 79.1 Å². The number of thiazole rings is 1. The minimum absolute atomic E-state index is 0.217. The molecule has 41 heavy (non-hydrogen) atoms. The summed E-state index contributed by atoms with van der Waals surface area (Å²) in [6.45, 7) is 2.14. The van der Waals surface area contributed by atoms with Crippen molar-refractivity contribution in [3.8, 4) is 11.5 Å². The van der Waals surface area contributed by atoms with E-state index in [2.05, 4.69) is 15.9 Å². The molecule has 0 saturated heterocycles. The molecule has 0 saturated carbocycles. The van der Waals surface area contributed by atoms with E-state index in [1.807, 2.05) is 43.3 Å². The van der Waals surface area contributed by atoms with E-state index in [4.69, 9.17) is 19.2 Å². The van der Waals surface area contributed by atoms with Crippen LogP contribution in [0.5, 0.6) is 11.5 Å². The highest BCUT2D eigenvalue weighted by molar-refractivity contribution is 9.10. The van der Waals surface area contributed by atoms with Crippen LogP contribution in [0.1, 0.15) is 36.1 Å². The first-order valence-electron chi connectivity index (χ1n) is 12.8. The maximum Gasteiger partial charge on any atom is 0.338 e. The molecule has 5 rings (SSSR count). The maximum atomic E-state index is 13.9. The molecule has 0 N–H and O–H groups in total. The molecular weight excluding hydrogens is 611 g/mol. The number of aromatic nitrogens is 1. The van der Waals surface area contributed by atoms with Gasteiger partial charge in [-0.25, -0.2) is 14.2 Å². The fourth-order valence-electron chi connectivity index (χ4n) is 4.67. The Labute approximate surface area is 248 Å². The van der Waals surface area contributed by atoms with Crippen molar-refractivity contribution in [2.45, 2.75) is 26.0 Å². The molecule has 0 amide bonds. The van der Waals surface area contributed by atoms with E-state index in [-0.39, 0.29) is 18.0 Å². The number of esters is 1. The van der Waals surface area contributed by atoms with Crippen molar-refractivity contribution in [3.63, 3.8) is 0 Å². The van der Waals surface area contributed by atoms with Gasteiger partial charge in [0.2, 0.25) is 0 Å². The highest BCUT2D eigenvalue weighted by Gasteiger charge is 2.33. The molecule has 0 fully saturated rings. The van der Waals surface area contributed by atoms with Gasteiger partial charge in [0.25, 0.3) is 5.56 Å². The molecule has 1 aromatic heterocycles. The summed E-state index contributed by atoms with van der Waals surface area (Å²) in [4.78, 5) is 32.0. The zero-order valence-corrected chi connectivity index (χ0v) is 24.9. The second-order valence-electron chi connectivity index (χ2n) is 9.15. The number of hydrogen-bond acceptors (Lipinski definition) is 7. The second-order valence-corrected chi connectivity index (χ2v) is 11.0. The van der Waals surface area contributed by atoms with Crippen molar-refractivity contribution < 1.29 is 23.4 Å². The molecule has 210 valence electrons. The Morgan fingerprint density at radius 2 is 1.85 bits per heavy atom. The van der Waals surface area contributed by atoms with Crippen molar-refractivity contribution in [1.82, 2.24) is 4.57 Å². The fraction of sp³-hybridized carbons (Fsp3) is 0.194. The number of methoxy groups -OCH3 is 2. The molecule has 0 radical (unpaired) electrons. The van der Waals surface area contributed by atoms with Crippen LogP contribution in [-0.2, 0) is 16.1 Å². The first kappa shape index (κ1) is 28.5. The molecule has 1 aliphatic heterocycles. The molecular formula is C31H26BrFN2O5S. The number of fused-ring (bicyclic) bond motifs is 1. The minimum atomic E-state index is -0.666. The van der Waals surface area contributed by atoms with Gasteiger partial charge >= 0.3 is 5.97 Å². The number of nitrogens with zero attached hydrogens (tertiary/aromatic N) is 2. The summed E-state index contributed by atoms with van der Waals surface area (Å²) in [6, 6.07) is 18.4. The number of benzene rings is 3. The third kappa shape index (κ3) is 5.75. The number of hydrogen-bond donors (Lipinski definition) is 0. The summed E-state index contributed by atoms with van der Waals surface area (Å²) < 4.78 is 32.6. The van der Waals surface area contributed by atoms with Gasteiger partial charge < -0.3 is 14.2 Å². The lowest BCUT2D eigenvalue weighted by atomic mass is 9.95. The average Bonchev–Trinajstić information content (AvgIpc) is 3.30. The van der Waals surface area contributed by atoms with Crippen LogP contribution < -0.4 is 24.4 Å². The Morgan fingerprint density at radius 3 is 2.51 bits per heavy atom. The molecule has 7 nitrogen and oxygen atoms in total. The number of carbonyl (C=O) groups is 1. The third-order valence-corrected chi connectivity index (χ3v) is 8.18. The molecule has 2 heterocycles. The number of halogens is 2. The van der Waals surface area contributed by atoms with Gasteiger partial charge in [-0.1, -0.05) is 60.7 Å². The zero-order chi connectivity index (χ0) is 29.1. The highest BCUT2D eigenvalue weighted by atomic mass is 79.9. The van der Waals surface area contributed by atoms with E-state index in [0.29, 0.717) is 48.6 Å². The summed E-state index contributed by atoms with van der Waals surface area (Å²) >= 11 is 4.81. The fourth-order valence-corrected chi connectivity index (χ4v) is 6.26. The lowest BCUT2D eigenvalue weighted by Crippen LogP contribution is -2.40. The Kier molecular flexibility index (Phi) is 8.51. The van der Waals surface area contributed by atoms with E-state index in [0.717, 1.165) is 11.1 Å². The van der Waals surface area contributed by atoms with Gasteiger partial charge in [0.15, 0.2) is 16.3 Å². The molecule has 1 atom stereocenters. The van der Waals surface area contributed by atoms with Crippen molar-refractivity contribution in [1.29, 1.82) is 0 Å². The molecule has 1 aliphatic rings. The molecule has 0 bridgehead atoms. The van der Waals surface area contributed by atoms with E-state index in [1.54, 1.807) is 28.8 Å². The van der Waals surface area contributed by atoms with Crippen molar-refractivity contribution in [2.75, 3.05) is 14.2 Å². The van der Waals surface area contributed by atoms with Crippen molar-refractivity contribution in [2.24, 2.45) is 4.99 Å². The van der Waals surface area contributed by atoms with Crippen LogP contribution in [0.25, 0.3) is 6.08 Å². The van der Waals surface area contributed by atoms with E-state index in [1.165, 1.54) is 37.7 Å².